The van der Waals surface area contributed by atoms with Gasteiger partial charge in [0.1, 0.15) is 5.82 Å². The van der Waals surface area contributed by atoms with Crippen LogP contribution >= 0.6 is 15.9 Å². The lowest BCUT2D eigenvalue weighted by molar-refractivity contribution is 0.523. The van der Waals surface area contributed by atoms with E-state index >= 15 is 0 Å². The molecule has 110 valence electrons. The highest BCUT2D eigenvalue weighted by atomic mass is 79.9. The standard InChI is InChI=1S/C17H20BrN3/c1-12-7-17(20-10-16(12)18)21-11-14-6-4-3-5-13(14)8-15(21)9-19-2/h3-7,10,15,19H,8-9,11H2,1-2H3. The molecule has 0 saturated carbocycles. The average molecular weight is 346 g/mol. The Kier molecular flexibility index (Phi) is 4.27. The van der Waals surface area contributed by atoms with Crippen LogP contribution in [0.1, 0.15) is 16.7 Å². The predicted molar refractivity (Wildman–Crippen MR) is 90.7 cm³/mol. The molecule has 3 nitrogen and oxygen atoms in total. The van der Waals surface area contributed by atoms with Crippen molar-refractivity contribution in [1.29, 1.82) is 0 Å². The summed E-state index contributed by atoms with van der Waals surface area (Å²) in [5.41, 5.74) is 4.09. The molecule has 1 unspecified atom stereocenters. The van der Waals surface area contributed by atoms with Crippen LogP contribution in [0, 0.1) is 6.92 Å². The highest BCUT2D eigenvalue weighted by molar-refractivity contribution is 9.10. The van der Waals surface area contributed by atoms with Crippen LogP contribution in [0.2, 0.25) is 0 Å². The summed E-state index contributed by atoms with van der Waals surface area (Å²) in [6, 6.07) is 11.3. The van der Waals surface area contributed by atoms with Crippen molar-refractivity contribution in [1.82, 2.24) is 10.3 Å². The number of likely N-dealkylation sites (N-methyl/N-ethyl adjacent to an activating group) is 1. The first-order chi connectivity index (χ1) is 10.2. The molecule has 1 aromatic carbocycles. The summed E-state index contributed by atoms with van der Waals surface area (Å²) in [6.07, 6.45) is 2.97. The zero-order valence-electron chi connectivity index (χ0n) is 12.4. The van der Waals surface area contributed by atoms with Crippen molar-refractivity contribution in [3.63, 3.8) is 0 Å². The lowest BCUT2D eigenvalue weighted by atomic mass is 9.94. The summed E-state index contributed by atoms with van der Waals surface area (Å²) in [6.45, 7) is 4.00. The van der Waals surface area contributed by atoms with Crippen LogP contribution < -0.4 is 10.2 Å². The Labute approximate surface area is 134 Å². The van der Waals surface area contributed by atoms with Crippen molar-refractivity contribution in [2.24, 2.45) is 0 Å². The summed E-state index contributed by atoms with van der Waals surface area (Å²) in [4.78, 5) is 7.03. The number of aromatic nitrogens is 1. The maximum atomic E-state index is 4.62. The molecule has 1 atom stereocenters. The minimum absolute atomic E-state index is 0.443. The van der Waals surface area contributed by atoms with E-state index in [9.17, 15) is 0 Å². The Balaban J connectivity index is 1.96. The van der Waals surface area contributed by atoms with E-state index in [1.807, 2.05) is 13.2 Å². The number of benzene rings is 1. The number of nitrogens with one attached hydrogen (secondary N) is 1. The molecule has 1 aromatic heterocycles. The number of hydrogen-bond acceptors (Lipinski definition) is 3. The molecule has 1 aliphatic heterocycles. The van der Waals surface area contributed by atoms with Gasteiger partial charge < -0.3 is 10.2 Å². The molecule has 4 heteroatoms. The van der Waals surface area contributed by atoms with Gasteiger partial charge in [-0.15, -0.1) is 0 Å². The highest BCUT2D eigenvalue weighted by Crippen LogP contribution is 2.29. The first-order valence-corrected chi connectivity index (χ1v) is 8.08. The van der Waals surface area contributed by atoms with Gasteiger partial charge in [0, 0.05) is 29.8 Å². The Morgan fingerprint density at radius 2 is 2.10 bits per heavy atom. The van der Waals surface area contributed by atoms with Gasteiger partial charge in [-0.25, -0.2) is 4.98 Å². The summed E-state index contributed by atoms with van der Waals surface area (Å²) in [7, 11) is 2.01. The quantitative estimate of drug-likeness (QED) is 0.924. The zero-order chi connectivity index (χ0) is 14.8. The minimum Gasteiger partial charge on any atom is -0.348 e. The van der Waals surface area contributed by atoms with Gasteiger partial charge in [0.15, 0.2) is 0 Å². The van der Waals surface area contributed by atoms with Crippen molar-refractivity contribution in [2.75, 3.05) is 18.5 Å². The van der Waals surface area contributed by atoms with Crippen LogP contribution in [0.15, 0.2) is 41.0 Å². The van der Waals surface area contributed by atoms with Crippen LogP contribution in [0.3, 0.4) is 0 Å². The molecule has 0 saturated heterocycles. The van der Waals surface area contributed by atoms with E-state index in [0.717, 1.165) is 29.8 Å². The van der Waals surface area contributed by atoms with Crippen LogP contribution in [-0.2, 0) is 13.0 Å². The van der Waals surface area contributed by atoms with Crippen molar-refractivity contribution in [3.05, 3.63) is 57.7 Å². The normalized spacial score (nSPS) is 17.7. The predicted octanol–water partition coefficient (Wildman–Crippen LogP) is 3.30. The Morgan fingerprint density at radius 3 is 2.81 bits per heavy atom. The Hall–Kier alpha value is -1.39. The van der Waals surface area contributed by atoms with Crippen LogP contribution in [0.25, 0.3) is 0 Å². The lowest BCUT2D eigenvalue weighted by Gasteiger charge is -2.38. The van der Waals surface area contributed by atoms with Gasteiger partial charge in [-0.05, 0) is 59.1 Å². The monoisotopic (exact) mass is 345 g/mol. The van der Waals surface area contributed by atoms with E-state index in [2.05, 4.69) is 68.4 Å². The summed E-state index contributed by atoms with van der Waals surface area (Å²) in [5.74, 6) is 1.06. The fraction of sp³-hybridized carbons (Fsp3) is 0.353. The first-order valence-electron chi connectivity index (χ1n) is 7.29. The molecule has 21 heavy (non-hydrogen) atoms. The number of anilines is 1. The molecule has 0 radical (unpaired) electrons. The van der Waals surface area contributed by atoms with Gasteiger partial charge in [-0.2, -0.15) is 0 Å². The van der Waals surface area contributed by atoms with E-state index in [0.29, 0.717) is 6.04 Å². The maximum absolute atomic E-state index is 4.62. The number of hydrogen-bond donors (Lipinski definition) is 1. The highest BCUT2D eigenvalue weighted by Gasteiger charge is 2.26. The Bertz CT molecular complexity index is 642. The van der Waals surface area contributed by atoms with Crippen LogP contribution in [0.5, 0.6) is 0 Å². The second kappa shape index (κ2) is 6.16. The third kappa shape index (κ3) is 2.97. The van der Waals surface area contributed by atoms with Gasteiger partial charge in [0.25, 0.3) is 0 Å². The molecule has 0 amide bonds. The van der Waals surface area contributed by atoms with Gasteiger partial charge in [0.05, 0.1) is 0 Å². The summed E-state index contributed by atoms with van der Waals surface area (Å²) in [5, 5.41) is 3.32. The van der Waals surface area contributed by atoms with E-state index < -0.39 is 0 Å². The molecule has 1 aliphatic rings. The summed E-state index contributed by atoms with van der Waals surface area (Å²) < 4.78 is 1.06. The number of halogens is 1. The third-order valence-corrected chi connectivity index (χ3v) is 4.95. The van der Waals surface area contributed by atoms with Gasteiger partial charge in [-0.1, -0.05) is 24.3 Å². The van der Waals surface area contributed by atoms with Gasteiger partial charge >= 0.3 is 0 Å². The van der Waals surface area contributed by atoms with Crippen molar-refractivity contribution < 1.29 is 0 Å². The summed E-state index contributed by atoms with van der Waals surface area (Å²) >= 11 is 3.53. The van der Waals surface area contributed by atoms with Gasteiger partial charge in [-0.3, -0.25) is 0 Å². The van der Waals surface area contributed by atoms with E-state index in [1.54, 1.807) is 0 Å². The van der Waals surface area contributed by atoms with Crippen LogP contribution in [0.4, 0.5) is 5.82 Å². The van der Waals surface area contributed by atoms with E-state index in [-0.39, 0.29) is 0 Å². The topological polar surface area (TPSA) is 28.2 Å². The molecule has 0 bridgehead atoms. The fourth-order valence-corrected chi connectivity index (χ4v) is 3.17. The van der Waals surface area contributed by atoms with Crippen molar-refractivity contribution in [2.45, 2.75) is 25.9 Å². The molecular weight excluding hydrogens is 326 g/mol. The molecule has 0 fully saturated rings. The SMILES string of the molecule is CNCC1Cc2ccccc2CN1c1cc(C)c(Br)cn1. The second-order valence-corrected chi connectivity index (χ2v) is 6.46. The molecule has 0 aliphatic carbocycles. The number of fused-ring (bicyclic) bond motifs is 1. The Morgan fingerprint density at radius 1 is 1.33 bits per heavy atom. The maximum Gasteiger partial charge on any atom is 0.129 e. The van der Waals surface area contributed by atoms with Crippen LogP contribution in [-0.4, -0.2) is 24.6 Å². The van der Waals surface area contributed by atoms with E-state index in [4.69, 9.17) is 0 Å². The largest absolute Gasteiger partial charge is 0.348 e. The molecule has 2 aromatic rings. The third-order valence-electron chi connectivity index (χ3n) is 4.12. The molecule has 2 heterocycles. The fourth-order valence-electron chi connectivity index (χ4n) is 2.96. The zero-order valence-corrected chi connectivity index (χ0v) is 14.0. The molecule has 0 spiro atoms. The smallest absolute Gasteiger partial charge is 0.129 e. The van der Waals surface area contributed by atoms with E-state index in [1.165, 1.54) is 16.7 Å². The van der Waals surface area contributed by atoms with Crippen molar-refractivity contribution >= 4 is 21.7 Å². The number of aryl methyl sites for hydroxylation is 1. The number of pyridine rings is 1. The lowest BCUT2D eigenvalue weighted by Crippen LogP contribution is -2.46. The number of nitrogens with zero attached hydrogens (tertiary/aromatic N) is 2. The minimum atomic E-state index is 0.443. The molecule has 3 rings (SSSR count). The molecular formula is C17H20BrN3. The van der Waals surface area contributed by atoms with Crippen molar-refractivity contribution in [3.8, 4) is 0 Å². The first kappa shape index (κ1) is 14.5. The second-order valence-electron chi connectivity index (χ2n) is 5.60. The number of rotatable bonds is 3. The molecule has 1 N–H and O–H groups in total. The van der Waals surface area contributed by atoms with Gasteiger partial charge in [0.2, 0.25) is 0 Å². The average Bonchev–Trinajstić information content (AvgIpc) is 2.50.